The van der Waals surface area contributed by atoms with Gasteiger partial charge in [-0.15, -0.1) is 0 Å². The van der Waals surface area contributed by atoms with E-state index in [1.165, 1.54) is 19.2 Å². The third-order valence-corrected chi connectivity index (χ3v) is 2.49. The Morgan fingerprint density at radius 2 is 2.31 bits per heavy atom. The van der Waals surface area contributed by atoms with Gasteiger partial charge in [-0.1, -0.05) is 0 Å². The molecule has 0 radical (unpaired) electrons. The molecule has 1 heterocycles. The molecule has 0 unspecified atom stereocenters. The van der Waals surface area contributed by atoms with E-state index in [0.717, 1.165) is 6.54 Å². The molecule has 0 aliphatic heterocycles. The molecule has 6 nitrogen and oxygen atoms in total. The second-order valence-electron chi connectivity index (χ2n) is 3.99. The van der Waals surface area contributed by atoms with Gasteiger partial charge >= 0.3 is 0 Å². The molecule has 0 aromatic carbocycles. The number of aromatic nitrogens is 3. The zero-order valence-electron chi connectivity index (χ0n) is 9.22. The van der Waals surface area contributed by atoms with E-state index < -0.39 is 0 Å². The van der Waals surface area contributed by atoms with E-state index in [4.69, 9.17) is 0 Å². The Morgan fingerprint density at radius 1 is 1.44 bits per heavy atom. The van der Waals surface area contributed by atoms with Crippen LogP contribution in [-0.2, 0) is 11.3 Å². The molecular formula is C10H17N5O. The molecule has 0 saturated heterocycles. The molecule has 1 saturated carbocycles. The van der Waals surface area contributed by atoms with E-state index in [0.29, 0.717) is 25.6 Å². The lowest BCUT2D eigenvalue weighted by Gasteiger charge is -2.05. The summed E-state index contributed by atoms with van der Waals surface area (Å²) in [6.45, 7) is 2.15. The first-order valence-corrected chi connectivity index (χ1v) is 5.67. The Balaban J connectivity index is 1.50. The zero-order chi connectivity index (χ0) is 11.2. The maximum Gasteiger partial charge on any atom is 0.221 e. The summed E-state index contributed by atoms with van der Waals surface area (Å²) in [5.41, 5.74) is 0. The Kier molecular flexibility index (Phi) is 3.87. The van der Waals surface area contributed by atoms with Crippen molar-refractivity contribution in [1.82, 2.24) is 25.4 Å². The molecule has 0 spiro atoms. The molecule has 1 aromatic heterocycles. The molecule has 6 heteroatoms. The van der Waals surface area contributed by atoms with Crippen LogP contribution < -0.4 is 10.6 Å². The molecule has 88 valence electrons. The predicted octanol–water partition coefficient (Wildman–Crippen LogP) is -0.464. The lowest BCUT2D eigenvalue weighted by atomic mass is 10.4. The third-order valence-electron chi connectivity index (χ3n) is 2.49. The SMILES string of the molecule is O=C(CCn1cncn1)NCCNC1CC1. The standard InChI is InChI=1S/C10H17N5O/c16-10(3-6-15-8-11-7-14-15)13-5-4-12-9-1-2-9/h7-9,12H,1-6H2,(H,13,16). The Bertz CT molecular complexity index is 320. The average molecular weight is 223 g/mol. The lowest BCUT2D eigenvalue weighted by Crippen LogP contribution is -2.33. The largest absolute Gasteiger partial charge is 0.355 e. The Labute approximate surface area is 94.4 Å². The second kappa shape index (κ2) is 5.60. The van der Waals surface area contributed by atoms with Gasteiger partial charge in [0.15, 0.2) is 0 Å². The molecule has 1 fully saturated rings. The smallest absolute Gasteiger partial charge is 0.221 e. The van der Waals surface area contributed by atoms with Gasteiger partial charge in [-0.05, 0) is 12.8 Å². The topological polar surface area (TPSA) is 71.8 Å². The summed E-state index contributed by atoms with van der Waals surface area (Å²) in [6.07, 6.45) is 6.09. The average Bonchev–Trinajstić information content (AvgIpc) is 2.96. The van der Waals surface area contributed by atoms with Crippen LogP contribution in [0, 0.1) is 0 Å². The second-order valence-corrected chi connectivity index (χ2v) is 3.99. The summed E-state index contributed by atoms with van der Waals surface area (Å²) in [5.74, 6) is 0.0631. The van der Waals surface area contributed by atoms with Crippen LogP contribution in [0.25, 0.3) is 0 Å². The quantitative estimate of drug-likeness (QED) is 0.613. The summed E-state index contributed by atoms with van der Waals surface area (Å²) in [6, 6.07) is 0.701. The van der Waals surface area contributed by atoms with Crippen LogP contribution in [0.1, 0.15) is 19.3 Å². The molecule has 1 aliphatic rings. The summed E-state index contributed by atoms with van der Waals surface area (Å²) >= 11 is 0. The number of nitrogens with zero attached hydrogens (tertiary/aromatic N) is 3. The number of hydrogen-bond acceptors (Lipinski definition) is 4. The summed E-state index contributed by atoms with van der Waals surface area (Å²) in [4.78, 5) is 15.2. The van der Waals surface area contributed by atoms with Crippen molar-refractivity contribution in [3.8, 4) is 0 Å². The first-order chi connectivity index (χ1) is 7.84. The number of rotatable bonds is 7. The van der Waals surface area contributed by atoms with Crippen molar-refractivity contribution < 1.29 is 4.79 Å². The third kappa shape index (κ3) is 3.98. The van der Waals surface area contributed by atoms with Gasteiger partial charge in [-0.2, -0.15) is 5.10 Å². The molecule has 2 N–H and O–H groups in total. The van der Waals surface area contributed by atoms with E-state index in [1.54, 1.807) is 11.0 Å². The molecule has 0 atom stereocenters. The molecule has 16 heavy (non-hydrogen) atoms. The minimum Gasteiger partial charge on any atom is -0.355 e. The van der Waals surface area contributed by atoms with Gasteiger partial charge in [0.1, 0.15) is 12.7 Å². The normalized spacial score (nSPS) is 15.0. The van der Waals surface area contributed by atoms with E-state index in [2.05, 4.69) is 20.7 Å². The van der Waals surface area contributed by atoms with E-state index in [-0.39, 0.29) is 5.91 Å². The number of carbonyl (C=O) groups is 1. The zero-order valence-corrected chi connectivity index (χ0v) is 9.22. The van der Waals surface area contributed by atoms with E-state index in [9.17, 15) is 4.79 Å². The fraction of sp³-hybridized carbons (Fsp3) is 0.700. The van der Waals surface area contributed by atoms with Gasteiger partial charge in [0.2, 0.25) is 5.91 Å². The van der Waals surface area contributed by atoms with Gasteiger partial charge in [0, 0.05) is 25.6 Å². The van der Waals surface area contributed by atoms with Crippen LogP contribution >= 0.6 is 0 Å². The van der Waals surface area contributed by atoms with Gasteiger partial charge in [0.25, 0.3) is 0 Å². The molecule has 1 aliphatic carbocycles. The highest BCUT2D eigenvalue weighted by molar-refractivity contribution is 5.75. The monoisotopic (exact) mass is 223 g/mol. The maximum absolute atomic E-state index is 11.4. The Hall–Kier alpha value is -1.43. The highest BCUT2D eigenvalue weighted by Gasteiger charge is 2.19. The van der Waals surface area contributed by atoms with E-state index >= 15 is 0 Å². The minimum absolute atomic E-state index is 0.0631. The lowest BCUT2D eigenvalue weighted by molar-refractivity contribution is -0.121. The number of aryl methyl sites for hydroxylation is 1. The number of nitrogens with one attached hydrogen (secondary N) is 2. The minimum atomic E-state index is 0.0631. The van der Waals surface area contributed by atoms with Crippen LogP contribution in [0.5, 0.6) is 0 Å². The maximum atomic E-state index is 11.4. The fourth-order valence-electron chi connectivity index (χ4n) is 1.42. The van der Waals surface area contributed by atoms with Gasteiger partial charge in [0.05, 0.1) is 6.54 Å². The van der Waals surface area contributed by atoms with E-state index in [1.807, 2.05) is 0 Å². The first kappa shape index (κ1) is 11.1. The molecule has 2 rings (SSSR count). The molecule has 1 amide bonds. The highest BCUT2D eigenvalue weighted by atomic mass is 16.1. The number of hydrogen-bond donors (Lipinski definition) is 2. The summed E-state index contributed by atoms with van der Waals surface area (Å²) in [7, 11) is 0. The van der Waals surface area contributed by atoms with Crippen molar-refractivity contribution in [2.24, 2.45) is 0 Å². The highest BCUT2D eigenvalue weighted by Crippen LogP contribution is 2.17. The van der Waals surface area contributed by atoms with Gasteiger partial charge < -0.3 is 10.6 Å². The fourth-order valence-corrected chi connectivity index (χ4v) is 1.42. The summed E-state index contributed by atoms with van der Waals surface area (Å²) < 4.78 is 1.65. The van der Waals surface area contributed by atoms with Crippen LogP contribution in [0.15, 0.2) is 12.7 Å². The molecule has 1 aromatic rings. The van der Waals surface area contributed by atoms with Crippen molar-refractivity contribution in [2.75, 3.05) is 13.1 Å². The number of amides is 1. The first-order valence-electron chi connectivity index (χ1n) is 5.67. The molecule has 0 bridgehead atoms. The predicted molar refractivity (Wildman–Crippen MR) is 58.7 cm³/mol. The van der Waals surface area contributed by atoms with Gasteiger partial charge in [-0.25, -0.2) is 4.98 Å². The Morgan fingerprint density at radius 3 is 3.00 bits per heavy atom. The van der Waals surface area contributed by atoms with Crippen LogP contribution in [0.2, 0.25) is 0 Å². The van der Waals surface area contributed by atoms with Crippen molar-refractivity contribution >= 4 is 5.91 Å². The summed E-state index contributed by atoms with van der Waals surface area (Å²) in [5, 5.41) is 10.1. The van der Waals surface area contributed by atoms with Gasteiger partial charge in [-0.3, -0.25) is 9.48 Å². The van der Waals surface area contributed by atoms with Crippen molar-refractivity contribution in [3.63, 3.8) is 0 Å². The van der Waals surface area contributed by atoms with Crippen LogP contribution in [-0.4, -0.2) is 39.8 Å². The van der Waals surface area contributed by atoms with Crippen LogP contribution in [0.3, 0.4) is 0 Å². The van der Waals surface area contributed by atoms with Crippen molar-refractivity contribution in [1.29, 1.82) is 0 Å². The van der Waals surface area contributed by atoms with Crippen LogP contribution in [0.4, 0.5) is 0 Å². The van der Waals surface area contributed by atoms with Crippen molar-refractivity contribution in [2.45, 2.75) is 31.8 Å². The molecular weight excluding hydrogens is 206 g/mol. The van der Waals surface area contributed by atoms with Crippen molar-refractivity contribution in [3.05, 3.63) is 12.7 Å². The number of carbonyl (C=O) groups excluding carboxylic acids is 1.